The van der Waals surface area contributed by atoms with Crippen LogP contribution < -0.4 is 5.32 Å². The second kappa shape index (κ2) is 7.01. The minimum Gasteiger partial charge on any atom is -0.350 e. The Balaban J connectivity index is 1.22. The Morgan fingerprint density at radius 3 is 2.44 bits per heavy atom. The third-order valence-corrected chi connectivity index (χ3v) is 8.66. The van der Waals surface area contributed by atoms with Crippen LogP contribution in [0.2, 0.25) is 0 Å². The molecule has 6 rings (SSSR count). The van der Waals surface area contributed by atoms with Crippen LogP contribution in [-0.4, -0.2) is 27.0 Å². The molecular weight excluding hydrogens is 394 g/mol. The van der Waals surface area contributed by atoms with Gasteiger partial charge in [0.25, 0.3) is 0 Å². The van der Waals surface area contributed by atoms with E-state index < -0.39 is 0 Å². The normalized spacial score (nSPS) is 31.2. The Morgan fingerprint density at radius 1 is 1.19 bits per heavy atom. The Morgan fingerprint density at radius 2 is 1.81 bits per heavy atom. The first-order chi connectivity index (χ1) is 13.1. The molecule has 0 radical (unpaired) electrons. The molecule has 0 unspecified atom stereocenters. The Labute approximate surface area is 172 Å². The molecule has 142 valence electrons. The van der Waals surface area contributed by atoms with Gasteiger partial charge >= 0.3 is 0 Å². The van der Waals surface area contributed by atoms with Crippen LogP contribution in [-0.2, 0) is 4.79 Å². The molecule has 1 amide bonds. The first-order valence-electron chi connectivity index (χ1n) is 9.68. The summed E-state index contributed by atoms with van der Waals surface area (Å²) in [7, 11) is 0. The number of rotatable bonds is 5. The number of aromatic nitrogens is 2. The van der Waals surface area contributed by atoms with E-state index in [9.17, 15) is 4.79 Å². The lowest BCUT2D eigenvalue weighted by Crippen LogP contribution is -2.60. The largest absolute Gasteiger partial charge is 0.350 e. The number of hydrogen-bond acceptors (Lipinski definition) is 5. The molecule has 27 heavy (non-hydrogen) atoms. The van der Waals surface area contributed by atoms with Gasteiger partial charge in [-0.15, -0.1) is 5.10 Å². The van der Waals surface area contributed by atoms with Crippen molar-refractivity contribution in [3.05, 3.63) is 34.3 Å². The van der Waals surface area contributed by atoms with Crippen LogP contribution in [0.4, 0.5) is 0 Å². The minimum absolute atomic E-state index is 0.0857. The van der Waals surface area contributed by atoms with E-state index in [1.54, 1.807) is 4.68 Å². The molecule has 0 aliphatic heterocycles. The van der Waals surface area contributed by atoms with E-state index in [1.807, 2.05) is 30.3 Å². The number of carbonyl (C=O) groups is 1. The highest BCUT2D eigenvalue weighted by Crippen LogP contribution is 2.55. The molecule has 4 aliphatic rings. The summed E-state index contributed by atoms with van der Waals surface area (Å²) >= 11 is 8.41. The van der Waals surface area contributed by atoms with E-state index in [1.165, 1.54) is 61.6 Å². The highest BCUT2D eigenvalue weighted by molar-refractivity contribution is 8.01. The van der Waals surface area contributed by atoms with Gasteiger partial charge in [0.05, 0.1) is 11.4 Å². The summed E-state index contributed by atoms with van der Waals surface area (Å²) in [6.07, 6.45) is 7.75. The van der Waals surface area contributed by atoms with Crippen LogP contribution >= 0.6 is 35.3 Å². The maximum atomic E-state index is 12.7. The van der Waals surface area contributed by atoms with Crippen LogP contribution in [0.15, 0.2) is 34.7 Å². The highest BCUT2D eigenvalue weighted by Gasteiger charge is 2.51. The molecule has 4 bridgehead atoms. The van der Waals surface area contributed by atoms with Gasteiger partial charge in [0.15, 0.2) is 8.29 Å². The first-order valence-corrected chi connectivity index (χ1v) is 11.9. The monoisotopic (exact) mass is 417 g/mol. The zero-order valence-electron chi connectivity index (χ0n) is 15.1. The van der Waals surface area contributed by atoms with Gasteiger partial charge in [-0.25, -0.2) is 4.68 Å². The zero-order chi connectivity index (χ0) is 18.4. The summed E-state index contributed by atoms with van der Waals surface area (Å²) in [4.78, 5) is 12.7. The van der Waals surface area contributed by atoms with Gasteiger partial charge in [-0.05, 0) is 80.6 Å². The third-order valence-electron chi connectivity index (χ3n) is 6.30. The van der Waals surface area contributed by atoms with E-state index in [4.69, 9.17) is 12.2 Å². The number of carbonyl (C=O) groups excluding carboxylic acids is 1. The average Bonchev–Trinajstić information content (AvgIpc) is 3.00. The lowest BCUT2D eigenvalue weighted by molar-refractivity contribution is -0.124. The number of benzene rings is 1. The molecule has 1 N–H and O–H groups in total. The van der Waals surface area contributed by atoms with Crippen molar-refractivity contribution < 1.29 is 4.79 Å². The SMILES string of the molecule is O=C(CSc1nn(-c2ccccc2)c(=S)s1)NC12CC3CC(CC(C3)C1)C2. The number of hydrogen-bond donors (Lipinski definition) is 1. The zero-order valence-corrected chi connectivity index (χ0v) is 17.5. The van der Waals surface area contributed by atoms with Crippen molar-refractivity contribution >= 4 is 41.2 Å². The molecule has 4 nitrogen and oxygen atoms in total. The summed E-state index contributed by atoms with van der Waals surface area (Å²) in [6, 6.07) is 9.90. The van der Waals surface area contributed by atoms with Crippen LogP contribution in [0.1, 0.15) is 38.5 Å². The van der Waals surface area contributed by atoms with Crippen molar-refractivity contribution in [2.45, 2.75) is 48.4 Å². The van der Waals surface area contributed by atoms with E-state index in [0.717, 1.165) is 27.8 Å². The van der Waals surface area contributed by atoms with Crippen molar-refractivity contribution in [3.63, 3.8) is 0 Å². The Kier molecular flexibility index (Phi) is 4.64. The standard InChI is InChI=1S/C20H23N3OS3/c24-17(21-20-9-13-6-14(10-20)8-15(7-13)11-20)12-26-18-22-23(19(25)27-18)16-4-2-1-3-5-16/h1-5,13-15H,6-12H2,(H,21,24). The quantitative estimate of drug-likeness (QED) is 0.559. The molecular formula is C20H23N3OS3. The summed E-state index contributed by atoms with van der Waals surface area (Å²) in [6.45, 7) is 0. The minimum atomic E-state index is 0.0857. The summed E-state index contributed by atoms with van der Waals surface area (Å²) in [5.74, 6) is 3.09. The maximum absolute atomic E-state index is 12.7. The van der Waals surface area contributed by atoms with Crippen LogP contribution in [0, 0.1) is 21.7 Å². The molecule has 0 atom stereocenters. The van der Waals surface area contributed by atoms with Gasteiger partial charge in [0.1, 0.15) is 0 Å². The lowest BCUT2D eigenvalue weighted by Gasteiger charge is -2.56. The maximum Gasteiger partial charge on any atom is 0.230 e. The summed E-state index contributed by atoms with van der Waals surface area (Å²) in [5.41, 5.74) is 1.05. The molecule has 4 saturated carbocycles. The number of nitrogens with zero attached hydrogens (tertiary/aromatic N) is 2. The molecule has 0 saturated heterocycles. The van der Waals surface area contributed by atoms with Gasteiger partial charge in [-0.3, -0.25) is 4.79 Å². The molecule has 4 aliphatic carbocycles. The molecule has 7 heteroatoms. The molecule has 0 spiro atoms. The van der Waals surface area contributed by atoms with Crippen LogP contribution in [0.25, 0.3) is 5.69 Å². The Bertz CT molecular complexity index is 869. The number of thioether (sulfide) groups is 1. The molecule has 2 aromatic rings. The topological polar surface area (TPSA) is 46.9 Å². The second-order valence-corrected chi connectivity index (χ2v) is 11.3. The van der Waals surface area contributed by atoms with E-state index in [-0.39, 0.29) is 11.4 Å². The fourth-order valence-corrected chi connectivity index (χ4v) is 7.94. The third kappa shape index (κ3) is 3.61. The van der Waals surface area contributed by atoms with Crippen molar-refractivity contribution in [2.24, 2.45) is 17.8 Å². The molecule has 1 aromatic heterocycles. The molecule has 1 heterocycles. The van der Waals surface area contributed by atoms with Crippen molar-refractivity contribution in [1.82, 2.24) is 15.1 Å². The first kappa shape index (κ1) is 17.9. The van der Waals surface area contributed by atoms with E-state index in [2.05, 4.69) is 10.4 Å². The smallest absolute Gasteiger partial charge is 0.230 e. The molecule has 1 aromatic carbocycles. The predicted octanol–water partition coefficient (Wildman–Crippen LogP) is 4.84. The fraction of sp³-hybridized carbons (Fsp3) is 0.550. The lowest BCUT2D eigenvalue weighted by atomic mass is 9.53. The van der Waals surface area contributed by atoms with Gasteiger partial charge in [0, 0.05) is 5.54 Å². The number of nitrogens with one attached hydrogen (secondary N) is 1. The van der Waals surface area contributed by atoms with Gasteiger partial charge in [-0.2, -0.15) is 0 Å². The van der Waals surface area contributed by atoms with Crippen molar-refractivity contribution in [2.75, 3.05) is 5.75 Å². The average molecular weight is 418 g/mol. The Hall–Kier alpha value is -1.18. The van der Waals surface area contributed by atoms with Gasteiger partial charge < -0.3 is 5.32 Å². The van der Waals surface area contributed by atoms with Gasteiger partial charge in [0.2, 0.25) is 5.91 Å². The van der Waals surface area contributed by atoms with Crippen molar-refractivity contribution in [1.29, 1.82) is 0 Å². The van der Waals surface area contributed by atoms with E-state index >= 15 is 0 Å². The summed E-state index contributed by atoms with van der Waals surface area (Å²) < 4.78 is 3.34. The summed E-state index contributed by atoms with van der Waals surface area (Å²) in [5, 5.41) is 8.02. The molecule has 4 fully saturated rings. The fourth-order valence-electron chi connectivity index (χ4n) is 5.77. The number of amides is 1. The predicted molar refractivity (Wildman–Crippen MR) is 112 cm³/mol. The highest BCUT2D eigenvalue weighted by atomic mass is 32.2. The van der Waals surface area contributed by atoms with Gasteiger partial charge in [-0.1, -0.05) is 41.3 Å². The van der Waals surface area contributed by atoms with Crippen molar-refractivity contribution in [3.8, 4) is 5.69 Å². The van der Waals surface area contributed by atoms with Crippen LogP contribution in [0.3, 0.4) is 0 Å². The second-order valence-electron chi connectivity index (χ2n) is 8.42. The number of para-hydroxylation sites is 1. The van der Waals surface area contributed by atoms with Crippen LogP contribution in [0.5, 0.6) is 0 Å². The van der Waals surface area contributed by atoms with E-state index in [0.29, 0.717) is 9.71 Å².